The molecule has 0 aromatic heterocycles. The van der Waals surface area contributed by atoms with E-state index in [2.05, 4.69) is 50.4 Å². The molecule has 1 aliphatic rings. The van der Waals surface area contributed by atoms with Crippen molar-refractivity contribution < 1.29 is 4.79 Å². The Labute approximate surface area is 171 Å². The largest absolute Gasteiger partial charge is 0.357 e. The summed E-state index contributed by atoms with van der Waals surface area (Å²) in [6.45, 7) is 10.8. The lowest BCUT2D eigenvalue weighted by Gasteiger charge is -2.25. The first kappa shape index (κ1) is 24.4. The third-order valence-electron chi connectivity index (χ3n) is 4.35. The van der Waals surface area contributed by atoms with Crippen molar-refractivity contribution in [2.45, 2.75) is 52.5 Å². The van der Waals surface area contributed by atoms with Gasteiger partial charge in [0.25, 0.3) is 0 Å². The van der Waals surface area contributed by atoms with Crippen LogP contribution in [0.2, 0.25) is 0 Å². The van der Waals surface area contributed by atoms with Crippen LogP contribution in [0.1, 0.15) is 46.5 Å². The van der Waals surface area contributed by atoms with E-state index in [9.17, 15) is 4.79 Å². The second kappa shape index (κ2) is 13.6. The number of likely N-dealkylation sites (tertiary alicyclic amines) is 1. The molecule has 0 aliphatic carbocycles. The van der Waals surface area contributed by atoms with Crippen molar-refractivity contribution in [3.05, 3.63) is 0 Å². The Balaban J connectivity index is 0.00000576. The Hall–Kier alpha value is -0.570. The number of guanidine groups is 1. The molecular formula is C18H38IN5O. The topological polar surface area (TPSA) is 60.0 Å². The van der Waals surface area contributed by atoms with Crippen molar-refractivity contribution in [3.8, 4) is 0 Å². The zero-order chi connectivity index (χ0) is 17.9. The van der Waals surface area contributed by atoms with Crippen LogP contribution in [0.25, 0.3) is 0 Å². The zero-order valence-electron chi connectivity index (χ0n) is 16.7. The number of amides is 1. The molecule has 7 heteroatoms. The number of hydrogen-bond donors (Lipinski definition) is 2. The van der Waals surface area contributed by atoms with Crippen LogP contribution in [0.4, 0.5) is 0 Å². The molecule has 1 aliphatic heterocycles. The second-order valence-corrected chi connectivity index (χ2v) is 7.23. The van der Waals surface area contributed by atoms with Crippen LogP contribution in [0.15, 0.2) is 4.99 Å². The van der Waals surface area contributed by atoms with Gasteiger partial charge in [0, 0.05) is 38.6 Å². The molecule has 0 bridgehead atoms. The van der Waals surface area contributed by atoms with E-state index >= 15 is 0 Å². The van der Waals surface area contributed by atoms with E-state index in [1.807, 2.05) is 4.90 Å². The molecule has 148 valence electrons. The molecule has 6 nitrogen and oxygen atoms in total. The van der Waals surface area contributed by atoms with Crippen molar-refractivity contribution in [2.24, 2.45) is 10.9 Å². The third kappa shape index (κ3) is 10.2. The molecule has 25 heavy (non-hydrogen) atoms. The maximum atomic E-state index is 11.6. The van der Waals surface area contributed by atoms with E-state index < -0.39 is 0 Å². The molecule has 0 aromatic carbocycles. The Kier molecular flexibility index (Phi) is 13.3. The molecule has 0 saturated carbocycles. The van der Waals surface area contributed by atoms with E-state index in [4.69, 9.17) is 4.99 Å². The van der Waals surface area contributed by atoms with Gasteiger partial charge in [-0.1, -0.05) is 13.8 Å². The first-order valence-corrected chi connectivity index (χ1v) is 9.40. The number of hydrogen-bond acceptors (Lipinski definition) is 3. The van der Waals surface area contributed by atoms with E-state index in [1.165, 1.54) is 0 Å². The number of nitrogens with one attached hydrogen (secondary N) is 2. The molecule has 1 atom stereocenters. The molecule has 1 fully saturated rings. The minimum atomic E-state index is 0. The molecule has 2 N–H and O–H groups in total. The molecule has 1 rings (SSSR count). The smallest absolute Gasteiger partial charge is 0.222 e. The number of carbonyl (C=O) groups excluding carboxylic acids is 1. The molecule has 1 unspecified atom stereocenters. The third-order valence-corrected chi connectivity index (χ3v) is 4.35. The van der Waals surface area contributed by atoms with Gasteiger partial charge in [-0.15, -0.1) is 24.0 Å². The van der Waals surface area contributed by atoms with E-state index in [0.29, 0.717) is 17.9 Å². The standard InChI is InChI=1S/C18H37N5O.HI/c1-6-19-18(21-14-16(22(4)5)13-15(2)3)20-10-8-12-23-11-7-9-17(23)24;/h15-16H,6-14H2,1-5H3,(H2,19,20,21);1H. The average molecular weight is 467 g/mol. The maximum Gasteiger partial charge on any atom is 0.222 e. The molecule has 0 spiro atoms. The summed E-state index contributed by atoms with van der Waals surface area (Å²) in [6.07, 6.45) is 3.84. The molecule has 0 aromatic rings. The van der Waals surface area contributed by atoms with Crippen LogP contribution in [-0.2, 0) is 4.79 Å². The Morgan fingerprint density at radius 3 is 2.56 bits per heavy atom. The summed E-state index contributed by atoms with van der Waals surface area (Å²) in [5.74, 6) is 1.85. The van der Waals surface area contributed by atoms with Crippen LogP contribution < -0.4 is 10.6 Å². The predicted molar refractivity (Wildman–Crippen MR) is 117 cm³/mol. The first-order valence-electron chi connectivity index (χ1n) is 9.40. The number of nitrogens with zero attached hydrogens (tertiary/aromatic N) is 3. The first-order chi connectivity index (χ1) is 11.4. The van der Waals surface area contributed by atoms with Crippen LogP contribution in [0.3, 0.4) is 0 Å². The van der Waals surface area contributed by atoms with Crippen LogP contribution in [0, 0.1) is 5.92 Å². The average Bonchev–Trinajstić information content (AvgIpc) is 2.92. The van der Waals surface area contributed by atoms with Crippen molar-refractivity contribution in [1.82, 2.24) is 20.4 Å². The summed E-state index contributed by atoms with van der Waals surface area (Å²) in [7, 11) is 4.24. The van der Waals surface area contributed by atoms with Crippen molar-refractivity contribution in [2.75, 3.05) is 46.8 Å². The summed E-state index contributed by atoms with van der Waals surface area (Å²) in [4.78, 5) is 20.6. The highest BCUT2D eigenvalue weighted by atomic mass is 127. The fourth-order valence-corrected chi connectivity index (χ4v) is 2.95. The Morgan fingerprint density at radius 1 is 1.32 bits per heavy atom. The van der Waals surface area contributed by atoms with Crippen molar-refractivity contribution in [1.29, 1.82) is 0 Å². The van der Waals surface area contributed by atoms with E-state index in [0.717, 1.165) is 64.4 Å². The summed E-state index contributed by atoms with van der Waals surface area (Å²) < 4.78 is 0. The van der Waals surface area contributed by atoms with Gasteiger partial charge in [0.2, 0.25) is 5.91 Å². The van der Waals surface area contributed by atoms with Gasteiger partial charge in [-0.05, 0) is 46.2 Å². The predicted octanol–water partition coefficient (Wildman–Crippen LogP) is 2.15. The Bertz CT molecular complexity index is 401. The molecular weight excluding hydrogens is 429 g/mol. The lowest BCUT2D eigenvalue weighted by atomic mass is 10.0. The molecule has 0 radical (unpaired) electrons. The fraction of sp³-hybridized carbons (Fsp3) is 0.889. The normalized spacial score (nSPS) is 16.4. The highest BCUT2D eigenvalue weighted by Crippen LogP contribution is 2.10. The van der Waals surface area contributed by atoms with Crippen molar-refractivity contribution >= 4 is 35.8 Å². The van der Waals surface area contributed by atoms with E-state index in [1.54, 1.807) is 0 Å². The summed E-state index contributed by atoms with van der Waals surface area (Å²) in [6, 6.07) is 0.461. The maximum absolute atomic E-state index is 11.6. The molecule has 1 saturated heterocycles. The lowest BCUT2D eigenvalue weighted by Crippen LogP contribution is -2.40. The monoisotopic (exact) mass is 467 g/mol. The van der Waals surface area contributed by atoms with Gasteiger partial charge in [-0.25, -0.2) is 0 Å². The minimum absolute atomic E-state index is 0. The zero-order valence-corrected chi connectivity index (χ0v) is 19.0. The van der Waals surface area contributed by atoms with Gasteiger partial charge in [-0.2, -0.15) is 0 Å². The highest BCUT2D eigenvalue weighted by Gasteiger charge is 2.19. The van der Waals surface area contributed by atoms with Gasteiger partial charge in [0.05, 0.1) is 6.54 Å². The van der Waals surface area contributed by atoms with Crippen LogP contribution >= 0.6 is 24.0 Å². The van der Waals surface area contributed by atoms with Gasteiger partial charge >= 0.3 is 0 Å². The summed E-state index contributed by atoms with van der Waals surface area (Å²) >= 11 is 0. The highest BCUT2D eigenvalue weighted by molar-refractivity contribution is 14.0. The number of aliphatic imine (C=N–C) groups is 1. The molecule has 1 amide bonds. The minimum Gasteiger partial charge on any atom is -0.357 e. The molecule has 1 heterocycles. The fourth-order valence-electron chi connectivity index (χ4n) is 2.95. The van der Waals surface area contributed by atoms with Crippen molar-refractivity contribution in [3.63, 3.8) is 0 Å². The quantitative estimate of drug-likeness (QED) is 0.224. The lowest BCUT2D eigenvalue weighted by molar-refractivity contribution is -0.127. The number of halogens is 1. The SMILES string of the molecule is CCNC(=NCC(CC(C)C)N(C)C)NCCCN1CCCC1=O.I. The second-order valence-electron chi connectivity index (χ2n) is 7.23. The Morgan fingerprint density at radius 2 is 2.04 bits per heavy atom. The number of carbonyl (C=O) groups is 1. The van der Waals surface area contributed by atoms with Crippen LogP contribution in [-0.4, -0.2) is 74.5 Å². The van der Waals surface area contributed by atoms with Crippen LogP contribution in [0.5, 0.6) is 0 Å². The summed E-state index contributed by atoms with van der Waals surface area (Å²) in [5.41, 5.74) is 0. The summed E-state index contributed by atoms with van der Waals surface area (Å²) in [5, 5.41) is 6.70. The van der Waals surface area contributed by atoms with Gasteiger partial charge in [0.1, 0.15) is 0 Å². The van der Waals surface area contributed by atoms with Gasteiger partial charge in [0.15, 0.2) is 5.96 Å². The van der Waals surface area contributed by atoms with Gasteiger partial charge in [-0.3, -0.25) is 9.79 Å². The number of likely N-dealkylation sites (N-methyl/N-ethyl adjacent to an activating group) is 1. The van der Waals surface area contributed by atoms with E-state index in [-0.39, 0.29) is 24.0 Å². The van der Waals surface area contributed by atoms with Gasteiger partial charge < -0.3 is 20.4 Å². The number of rotatable bonds is 10.